The van der Waals surface area contributed by atoms with E-state index in [4.69, 9.17) is 0 Å². The first-order valence-electron chi connectivity index (χ1n) is 8.20. The van der Waals surface area contributed by atoms with Gasteiger partial charge in [0.2, 0.25) is 5.91 Å². The zero-order valence-electron chi connectivity index (χ0n) is 12.4. The zero-order valence-corrected chi connectivity index (χ0v) is 12.4. The zero-order chi connectivity index (χ0) is 14.3. The van der Waals surface area contributed by atoms with Crippen LogP contribution in [0.25, 0.3) is 0 Å². The smallest absolute Gasteiger partial charge is 0.223 e. The van der Waals surface area contributed by atoms with Crippen molar-refractivity contribution in [1.82, 2.24) is 10.3 Å². The predicted octanol–water partition coefficient (Wildman–Crippen LogP) is 2.21. The maximum atomic E-state index is 12.1. The van der Waals surface area contributed by atoms with Crippen LogP contribution in [0.15, 0.2) is 24.5 Å². The molecule has 0 aromatic carbocycles. The summed E-state index contributed by atoms with van der Waals surface area (Å²) < 4.78 is 0. The maximum absolute atomic E-state index is 12.1. The molecule has 1 aromatic rings. The van der Waals surface area contributed by atoms with Crippen LogP contribution in [0.5, 0.6) is 0 Å². The van der Waals surface area contributed by atoms with Gasteiger partial charge in [0.15, 0.2) is 0 Å². The van der Waals surface area contributed by atoms with E-state index in [1.807, 2.05) is 12.4 Å². The Bertz CT molecular complexity index is 518. The van der Waals surface area contributed by atoms with Crippen molar-refractivity contribution >= 4 is 11.6 Å². The van der Waals surface area contributed by atoms with Crippen LogP contribution in [0.3, 0.4) is 0 Å². The van der Waals surface area contributed by atoms with Crippen LogP contribution in [0.1, 0.15) is 32.1 Å². The van der Waals surface area contributed by atoms with Gasteiger partial charge in [-0.25, -0.2) is 0 Å². The summed E-state index contributed by atoms with van der Waals surface area (Å²) >= 11 is 0. The summed E-state index contributed by atoms with van der Waals surface area (Å²) in [5, 5.41) is 3.20. The van der Waals surface area contributed by atoms with Crippen molar-refractivity contribution < 1.29 is 4.79 Å². The molecule has 4 rings (SSSR count). The Morgan fingerprint density at radius 2 is 2.00 bits per heavy atom. The van der Waals surface area contributed by atoms with Gasteiger partial charge in [0.25, 0.3) is 0 Å². The fourth-order valence-electron chi connectivity index (χ4n) is 3.75. The van der Waals surface area contributed by atoms with Gasteiger partial charge in [-0.05, 0) is 55.6 Å². The molecule has 4 nitrogen and oxygen atoms in total. The van der Waals surface area contributed by atoms with Crippen molar-refractivity contribution in [3.05, 3.63) is 24.5 Å². The highest BCUT2D eigenvalue weighted by Crippen LogP contribution is 2.70. The van der Waals surface area contributed by atoms with Crippen molar-refractivity contribution in [2.45, 2.75) is 32.1 Å². The van der Waals surface area contributed by atoms with Gasteiger partial charge < -0.3 is 10.2 Å². The molecular formula is C17H23N3O. The van der Waals surface area contributed by atoms with Crippen molar-refractivity contribution in [2.24, 2.45) is 17.3 Å². The summed E-state index contributed by atoms with van der Waals surface area (Å²) in [7, 11) is 0. The second kappa shape index (κ2) is 5.00. The van der Waals surface area contributed by atoms with Crippen molar-refractivity contribution in [1.29, 1.82) is 0 Å². The molecule has 0 radical (unpaired) electrons. The van der Waals surface area contributed by atoms with Gasteiger partial charge in [-0.15, -0.1) is 0 Å². The lowest BCUT2D eigenvalue weighted by atomic mass is 9.96. The number of piperidine rings is 1. The molecule has 2 heterocycles. The van der Waals surface area contributed by atoms with Crippen molar-refractivity contribution in [3.8, 4) is 0 Å². The first-order chi connectivity index (χ1) is 10.3. The van der Waals surface area contributed by atoms with E-state index < -0.39 is 0 Å². The Kier molecular flexibility index (Phi) is 3.12. The molecule has 1 unspecified atom stereocenters. The molecule has 1 N–H and O–H groups in total. The number of amides is 1. The van der Waals surface area contributed by atoms with E-state index in [-0.39, 0.29) is 0 Å². The molecule has 3 fully saturated rings. The number of hydrogen-bond acceptors (Lipinski definition) is 3. The van der Waals surface area contributed by atoms with Gasteiger partial charge in [-0.2, -0.15) is 0 Å². The summed E-state index contributed by atoms with van der Waals surface area (Å²) in [6.07, 6.45) is 9.76. The number of nitrogens with zero attached hydrogens (tertiary/aromatic N) is 2. The van der Waals surface area contributed by atoms with Crippen LogP contribution >= 0.6 is 0 Å². The molecule has 1 atom stereocenters. The van der Waals surface area contributed by atoms with Crippen molar-refractivity contribution in [2.75, 3.05) is 24.5 Å². The van der Waals surface area contributed by atoms with Crippen LogP contribution < -0.4 is 10.2 Å². The highest BCUT2D eigenvalue weighted by molar-refractivity contribution is 5.83. The Morgan fingerprint density at radius 3 is 2.62 bits per heavy atom. The first kappa shape index (κ1) is 13.1. The largest absolute Gasteiger partial charge is 0.371 e. The molecule has 4 heteroatoms. The SMILES string of the molecule is O=C(NCC1CCN(c2ccncc2)CC1)C1CC12CC2. The quantitative estimate of drug-likeness (QED) is 0.922. The van der Waals surface area contributed by atoms with Crippen LogP contribution in [0, 0.1) is 17.3 Å². The van der Waals surface area contributed by atoms with Crippen LogP contribution in [-0.2, 0) is 4.79 Å². The van der Waals surface area contributed by atoms with Crippen LogP contribution in [0.2, 0.25) is 0 Å². The Morgan fingerprint density at radius 1 is 1.29 bits per heavy atom. The molecule has 21 heavy (non-hydrogen) atoms. The van der Waals surface area contributed by atoms with Crippen LogP contribution in [0.4, 0.5) is 5.69 Å². The van der Waals surface area contributed by atoms with E-state index in [0.717, 1.165) is 26.1 Å². The van der Waals surface area contributed by atoms with E-state index in [1.165, 1.54) is 31.4 Å². The van der Waals surface area contributed by atoms with Crippen molar-refractivity contribution in [3.63, 3.8) is 0 Å². The molecule has 1 saturated heterocycles. The summed E-state index contributed by atoms with van der Waals surface area (Å²) in [5.41, 5.74) is 1.75. The molecule has 1 amide bonds. The lowest BCUT2D eigenvalue weighted by Gasteiger charge is -2.33. The topological polar surface area (TPSA) is 45.2 Å². The van der Waals surface area contributed by atoms with Gasteiger partial charge in [0.1, 0.15) is 0 Å². The Hall–Kier alpha value is -1.58. The number of anilines is 1. The fourth-order valence-corrected chi connectivity index (χ4v) is 3.75. The molecule has 2 saturated carbocycles. The summed E-state index contributed by atoms with van der Waals surface area (Å²) in [4.78, 5) is 18.5. The second-order valence-corrected chi connectivity index (χ2v) is 7.00. The monoisotopic (exact) mass is 285 g/mol. The fraction of sp³-hybridized carbons (Fsp3) is 0.647. The van der Waals surface area contributed by atoms with Gasteiger partial charge >= 0.3 is 0 Å². The summed E-state index contributed by atoms with van der Waals surface area (Å²) in [6, 6.07) is 4.15. The molecule has 1 aliphatic heterocycles. The molecular weight excluding hydrogens is 262 g/mol. The number of rotatable bonds is 4. The average molecular weight is 285 g/mol. The second-order valence-electron chi connectivity index (χ2n) is 7.00. The number of hydrogen-bond donors (Lipinski definition) is 1. The molecule has 1 spiro atoms. The predicted molar refractivity (Wildman–Crippen MR) is 82.0 cm³/mol. The van der Waals surface area contributed by atoms with Gasteiger partial charge in [-0.3, -0.25) is 9.78 Å². The highest BCUT2D eigenvalue weighted by Gasteiger charge is 2.65. The Balaban J connectivity index is 1.21. The third kappa shape index (κ3) is 2.63. The number of carbonyl (C=O) groups is 1. The lowest BCUT2D eigenvalue weighted by molar-refractivity contribution is -0.122. The van der Waals surface area contributed by atoms with Gasteiger partial charge in [0.05, 0.1) is 0 Å². The van der Waals surface area contributed by atoms with E-state index >= 15 is 0 Å². The van der Waals surface area contributed by atoms with E-state index in [9.17, 15) is 4.79 Å². The van der Waals surface area contributed by atoms with Gasteiger partial charge in [0, 0.05) is 43.6 Å². The number of nitrogens with one attached hydrogen (secondary N) is 1. The highest BCUT2D eigenvalue weighted by atomic mass is 16.2. The van der Waals surface area contributed by atoms with E-state index in [2.05, 4.69) is 27.3 Å². The average Bonchev–Trinajstić information content (AvgIpc) is 3.46. The lowest BCUT2D eigenvalue weighted by Crippen LogP contribution is -2.39. The molecule has 1 aromatic heterocycles. The third-order valence-corrected chi connectivity index (χ3v) is 5.61. The number of carbonyl (C=O) groups excluding carboxylic acids is 1. The van der Waals surface area contributed by atoms with E-state index in [0.29, 0.717) is 23.2 Å². The molecule has 112 valence electrons. The molecule has 0 bridgehead atoms. The number of pyridine rings is 1. The minimum atomic E-state index is 0.323. The summed E-state index contributed by atoms with van der Waals surface area (Å²) in [5.74, 6) is 1.32. The minimum absolute atomic E-state index is 0.323. The normalized spacial score (nSPS) is 26.7. The minimum Gasteiger partial charge on any atom is -0.371 e. The number of aromatic nitrogens is 1. The van der Waals surface area contributed by atoms with E-state index in [1.54, 1.807) is 0 Å². The molecule has 3 aliphatic rings. The molecule has 2 aliphatic carbocycles. The van der Waals surface area contributed by atoms with Crippen LogP contribution in [-0.4, -0.2) is 30.5 Å². The van der Waals surface area contributed by atoms with Gasteiger partial charge in [-0.1, -0.05) is 0 Å². The third-order valence-electron chi connectivity index (χ3n) is 5.61. The first-order valence-corrected chi connectivity index (χ1v) is 8.20. The standard InChI is InChI=1S/C17H23N3O/c21-16(15-11-17(15)5-6-17)19-12-13-3-9-20(10-4-13)14-1-7-18-8-2-14/h1-2,7-8,13,15H,3-6,9-12H2,(H,19,21). The summed E-state index contributed by atoms with van der Waals surface area (Å²) in [6.45, 7) is 3.03. The Labute approximate surface area is 125 Å². The maximum Gasteiger partial charge on any atom is 0.223 e.